The number of rotatable bonds is 1. The van der Waals surface area contributed by atoms with E-state index in [1.165, 1.54) is 12.1 Å². The number of anilines is 2. The van der Waals surface area contributed by atoms with E-state index >= 15 is 0 Å². The van der Waals surface area contributed by atoms with Crippen molar-refractivity contribution in [3.8, 4) is 0 Å². The summed E-state index contributed by atoms with van der Waals surface area (Å²) in [5, 5.41) is 0. The van der Waals surface area contributed by atoms with E-state index in [-0.39, 0.29) is 5.82 Å². The van der Waals surface area contributed by atoms with Crippen LogP contribution in [0.3, 0.4) is 0 Å². The van der Waals surface area contributed by atoms with Gasteiger partial charge in [0.15, 0.2) is 0 Å². The van der Waals surface area contributed by atoms with Crippen molar-refractivity contribution in [3.05, 3.63) is 24.0 Å². The summed E-state index contributed by atoms with van der Waals surface area (Å²) in [5.74, 6) is 0.464. The van der Waals surface area contributed by atoms with Crippen molar-refractivity contribution in [2.24, 2.45) is 5.92 Å². The van der Waals surface area contributed by atoms with Gasteiger partial charge in [0.25, 0.3) is 0 Å². The molecule has 76 valence electrons. The van der Waals surface area contributed by atoms with Gasteiger partial charge in [-0.05, 0) is 30.5 Å². The third kappa shape index (κ3) is 1.67. The Labute approximate surface area is 83.5 Å². The van der Waals surface area contributed by atoms with Crippen LogP contribution in [0.4, 0.5) is 15.8 Å². The normalized spacial score (nSPS) is 21.6. The molecule has 0 aromatic heterocycles. The standard InChI is InChI=1S/C11H15FN2/c1-8-4-5-14(7-8)11-6-9(12)2-3-10(11)13/h2-3,6,8H,4-5,7,13H2,1H3. The summed E-state index contributed by atoms with van der Waals surface area (Å²) in [5.41, 5.74) is 7.32. The molecule has 0 bridgehead atoms. The molecule has 0 saturated carbocycles. The zero-order valence-corrected chi connectivity index (χ0v) is 8.33. The van der Waals surface area contributed by atoms with Crippen molar-refractivity contribution in [2.75, 3.05) is 23.7 Å². The first-order chi connectivity index (χ1) is 6.66. The molecule has 1 fully saturated rings. The van der Waals surface area contributed by atoms with Gasteiger partial charge < -0.3 is 10.6 Å². The number of nitrogen functional groups attached to an aromatic ring is 1. The zero-order chi connectivity index (χ0) is 10.1. The van der Waals surface area contributed by atoms with Crippen molar-refractivity contribution in [3.63, 3.8) is 0 Å². The van der Waals surface area contributed by atoms with E-state index in [0.717, 1.165) is 25.2 Å². The Morgan fingerprint density at radius 1 is 1.50 bits per heavy atom. The lowest BCUT2D eigenvalue weighted by Crippen LogP contribution is -2.20. The highest BCUT2D eigenvalue weighted by molar-refractivity contribution is 5.67. The van der Waals surface area contributed by atoms with Crippen molar-refractivity contribution in [1.29, 1.82) is 0 Å². The summed E-state index contributed by atoms with van der Waals surface area (Å²) in [6.45, 7) is 4.16. The first-order valence-electron chi connectivity index (χ1n) is 4.97. The predicted octanol–water partition coefficient (Wildman–Crippen LogP) is 2.25. The maximum Gasteiger partial charge on any atom is 0.125 e. The first kappa shape index (κ1) is 9.31. The van der Waals surface area contributed by atoms with Gasteiger partial charge in [0, 0.05) is 13.1 Å². The Kier molecular flexibility index (Phi) is 2.32. The van der Waals surface area contributed by atoms with E-state index < -0.39 is 0 Å². The molecule has 0 amide bonds. The summed E-state index contributed by atoms with van der Waals surface area (Å²) < 4.78 is 13.0. The molecular formula is C11H15FN2. The van der Waals surface area contributed by atoms with E-state index in [1.54, 1.807) is 6.07 Å². The van der Waals surface area contributed by atoms with Crippen LogP contribution in [0, 0.1) is 11.7 Å². The smallest absolute Gasteiger partial charge is 0.125 e. The summed E-state index contributed by atoms with van der Waals surface area (Å²) >= 11 is 0. The van der Waals surface area contributed by atoms with E-state index in [2.05, 4.69) is 11.8 Å². The fourth-order valence-corrected chi connectivity index (χ4v) is 1.94. The molecule has 1 aliphatic heterocycles. The Bertz CT molecular complexity index is 338. The van der Waals surface area contributed by atoms with Crippen LogP contribution >= 0.6 is 0 Å². The molecule has 0 radical (unpaired) electrons. The molecule has 1 aliphatic rings. The molecule has 0 spiro atoms. The minimum Gasteiger partial charge on any atom is -0.397 e. The molecule has 14 heavy (non-hydrogen) atoms. The molecule has 1 heterocycles. The fourth-order valence-electron chi connectivity index (χ4n) is 1.94. The lowest BCUT2D eigenvalue weighted by Gasteiger charge is -2.20. The number of hydrogen-bond acceptors (Lipinski definition) is 2. The minimum atomic E-state index is -0.214. The number of halogens is 1. The number of benzene rings is 1. The Morgan fingerprint density at radius 3 is 2.93 bits per heavy atom. The molecule has 2 rings (SSSR count). The van der Waals surface area contributed by atoms with Crippen molar-refractivity contribution in [1.82, 2.24) is 0 Å². The summed E-state index contributed by atoms with van der Waals surface area (Å²) in [7, 11) is 0. The third-order valence-electron chi connectivity index (χ3n) is 2.76. The lowest BCUT2D eigenvalue weighted by atomic mass is 10.2. The zero-order valence-electron chi connectivity index (χ0n) is 8.33. The third-order valence-corrected chi connectivity index (χ3v) is 2.76. The van der Waals surface area contributed by atoms with E-state index in [4.69, 9.17) is 5.73 Å². The van der Waals surface area contributed by atoms with Gasteiger partial charge in [0.2, 0.25) is 0 Å². The van der Waals surface area contributed by atoms with Crippen LogP contribution in [0.25, 0.3) is 0 Å². The molecule has 3 heteroatoms. The average Bonchev–Trinajstić information content (AvgIpc) is 2.56. The van der Waals surface area contributed by atoms with Crippen molar-refractivity contribution in [2.45, 2.75) is 13.3 Å². The number of hydrogen-bond donors (Lipinski definition) is 1. The van der Waals surface area contributed by atoms with Gasteiger partial charge >= 0.3 is 0 Å². The quantitative estimate of drug-likeness (QED) is 0.695. The van der Waals surface area contributed by atoms with Crippen LogP contribution in [0.2, 0.25) is 0 Å². The van der Waals surface area contributed by atoms with Gasteiger partial charge in [0.1, 0.15) is 5.82 Å². The van der Waals surface area contributed by atoms with E-state index in [1.807, 2.05) is 0 Å². The second kappa shape index (κ2) is 3.48. The Morgan fingerprint density at radius 2 is 2.29 bits per heavy atom. The molecule has 1 saturated heterocycles. The first-order valence-corrected chi connectivity index (χ1v) is 4.97. The SMILES string of the molecule is CC1CCN(c2cc(F)ccc2N)C1. The predicted molar refractivity (Wildman–Crippen MR) is 56.8 cm³/mol. The van der Waals surface area contributed by atoms with Crippen molar-refractivity contribution < 1.29 is 4.39 Å². The molecular weight excluding hydrogens is 179 g/mol. The molecule has 1 atom stereocenters. The summed E-state index contributed by atoms with van der Waals surface area (Å²) in [6.07, 6.45) is 1.16. The second-order valence-corrected chi connectivity index (χ2v) is 4.04. The molecule has 1 aromatic rings. The van der Waals surface area contributed by atoms with E-state index in [9.17, 15) is 4.39 Å². The second-order valence-electron chi connectivity index (χ2n) is 4.04. The van der Waals surface area contributed by atoms with Gasteiger partial charge in [-0.2, -0.15) is 0 Å². The average molecular weight is 194 g/mol. The summed E-state index contributed by atoms with van der Waals surface area (Å²) in [4.78, 5) is 2.16. The topological polar surface area (TPSA) is 29.3 Å². The van der Waals surface area contributed by atoms with Crippen LogP contribution in [0.1, 0.15) is 13.3 Å². The van der Waals surface area contributed by atoms with Crippen LogP contribution < -0.4 is 10.6 Å². The maximum absolute atomic E-state index is 13.0. The van der Waals surface area contributed by atoms with Gasteiger partial charge in [-0.1, -0.05) is 6.92 Å². The molecule has 1 unspecified atom stereocenters. The van der Waals surface area contributed by atoms with E-state index in [0.29, 0.717) is 11.6 Å². The van der Waals surface area contributed by atoms with Gasteiger partial charge in [-0.25, -0.2) is 4.39 Å². The fraction of sp³-hybridized carbons (Fsp3) is 0.455. The molecule has 2 nitrogen and oxygen atoms in total. The van der Waals surface area contributed by atoms with Crippen LogP contribution in [-0.4, -0.2) is 13.1 Å². The lowest BCUT2D eigenvalue weighted by molar-refractivity contribution is 0.627. The Hall–Kier alpha value is -1.25. The van der Waals surface area contributed by atoms with Crippen LogP contribution in [0.15, 0.2) is 18.2 Å². The highest BCUT2D eigenvalue weighted by atomic mass is 19.1. The monoisotopic (exact) mass is 194 g/mol. The molecule has 0 aliphatic carbocycles. The molecule has 2 N–H and O–H groups in total. The molecule has 1 aromatic carbocycles. The minimum absolute atomic E-state index is 0.214. The van der Waals surface area contributed by atoms with Crippen LogP contribution in [0.5, 0.6) is 0 Å². The number of nitrogens with zero attached hydrogens (tertiary/aromatic N) is 1. The maximum atomic E-state index is 13.0. The highest BCUT2D eigenvalue weighted by Crippen LogP contribution is 2.29. The van der Waals surface area contributed by atoms with Gasteiger partial charge in [0.05, 0.1) is 11.4 Å². The summed E-state index contributed by atoms with van der Waals surface area (Å²) in [6, 6.07) is 4.55. The Balaban J connectivity index is 2.27. The van der Waals surface area contributed by atoms with Gasteiger partial charge in [-0.15, -0.1) is 0 Å². The van der Waals surface area contributed by atoms with Crippen LogP contribution in [-0.2, 0) is 0 Å². The number of nitrogens with two attached hydrogens (primary N) is 1. The highest BCUT2D eigenvalue weighted by Gasteiger charge is 2.20. The van der Waals surface area contributed by atoms with Gasteiger partial charge in [-0.3, -0.25) is 0 Å². The largest absolute Gasteiger partial charge is 0.397 e. The van der Waals surface area contributed by atoms with Crippen molar-refractivity contribution >= 4 is 11.4 Å².